The first-order valence-corrected chi connectivity index (χ1v) is 10.5. The number of ether oxygens (including phenoxy) is 2. The first-order chi connectivity index (χ1) is 13.9. The van der Waals surface area contributed by atoms with Crippen molar-refractivity contribution in [3.05, 3.63) is 60.2 Å². The van der Waals surface area contributed by atoms with Crippen molar-refractivity contribution in [2.24, 2.45) is 0 Å². The van der Waals surface area contributed by atoms with Gasteiger partial charge in [0.25, 0.3) is 15.9 Å². The fourth-order valence-corrected chi connectivity index (χ4v) is 4.31. The van der Waals surface area contributed by atoms with Gasteiger partial charge in [0.2, 0.25) is 0 Å². The molecule has 0 heterocycles. The van der Waals surface area contributed by atoms with Crippen molar-refractivity contribution in [1.82, 2.24) is 5.32 Å². The van der Waals surface area contributed by atoms with Gasteiger partial charge < -0.3 is 14.8 Å². The number of carbonyl (C=O) groups is 1. The van der Waals surface area contributed by atoms with Gasteiger partial charge in [0.15, 0.2) is 0 Å². The van der Waals surface area contributed by atoms with Crippen LogP contribution in [0.25, 0.3) is 10.8 Å². The van der Waals surface area contributed by atoms with E-state index in [4.69, 9.17) is 9.47 Å². The summed E-state index contributed by atoms with van der Waals surface area (Å²) in [5.41, 5.74) is 0.314. The summed E-state index contributed by atoms with van der Waals surface area (Å²) in [5.74, 6) is 0.619. The van der Waals surface area contributed by atoms with Crippen LogP contribution in [-0.4, -0.2) is 35.1 Å². The molecule has 1 amide bonds. The summed E-state index contributed by atoms with van der Waals surface area (Å²) in [4.78, 5) is 12.3. The van der Waals surface area contributed by atoms with Crippen LogP contribution in [-0.2, 0) is 10.0 Å². The fraction of sp³-hybridized carbons (Fsp3) is 0.190. The summed E-state index contributed by atoms with van der Waals surface area (Å²) in [5, 5.41) is 3.73. The van der Waals surface area contributed by atoms with E-state index in [1.807, 2.05) is 19.1 Å². The maximum absolute atomic E-state index is 13.2. The summed E-state index contributed by atoms with van der Waals surface area (Å²) < 4.78 is 39.7. The Morgan fingerprint density at radius 2 is 1.76 bits per heavy atom. The summed E-state index contributed by atoms with van der Waals surface area (Å²) in [6.45, 7) is 2.33. The van der Waals surface area contributed by atoms with Crippen molar-refractivity contribution in [3.8, 4) is 11.5 Å². The van der Waals surface area contributed by atoms with E-state index in [0.717, 1.165) is 0 Å². The minimum absolute atomic E-state index is 0.0928. The van der Waals surface area contributed by atoms with E-state index in [-0.39, 0.29) is 16.1 Å². The minimum atomic E-state index is -3.98. The SMILES string of the molecule is CCOc1ccc(S(=O)(=O)Nc2ccc(OC)cc2C(=O)NC)c2ccccc12. The number of rotatable bonds is 7. The van der Waals surface area contributed by atoms with Gasteiger partial charge in [-0.15, -0.1) is 0 Å². The van der Waals surface area contributed by atoms with E-state index in [0.29, 0.717) is 28.9 Å². The molecule has 0 unspecified atom stereocenters. The van der Waals surface area contributed by atoms with Crippen molar-refractivity contribution >= 4 is 32.4 Å². The number of sulfonamides is 1. The van der Waals surface area contributed by atoms with Gasteiger partial charge >= 0.3 is 0 Å². The van der Waals surface area contributed by atoms with Crippen LogP contribution < -0.4 is 19.5 Å². The van der Waals surface area contributed by atoms with Crippen LogP contribution in [0.15, 0.2) is 59.5 Å². The van der Waals surface area contributed by atoms with Gasteiger partial charge in [0.1, 0.15) is 11.5 Å². The van der Waals surface area contributed by atoms with Crippen LogP contribution in [0.1, 0.15) is 17.3 Å². The molecule has 0 fully saturated rings. The van der Waals surface area contributed by atoms with Gasteiger partial charge in [-0.1, -0.05) is 24.3 Å². The Morgan fingerprint density at radius 3 is 2.41 bits per heavy atom. The zero-order chi connectivity index (χ0) is 21.0. The van der Waals surface area contributed by atoms with E-state index < -0.39 is 15.9 Å². The lowest BCUT2D eigenvalue weighted by Gasteiger charge is -2.15. The molecule has 0 bridgehead atoms. The molecule has 3 aromatic rings. The fourth-order valence-electron chi connectivity index (χ4n) is 3.02. The Labute approximate surface area is 169 Å². The highest BCUT2D eigenvalue weighted by Crippen LogP contribution is 2.33. The Bertz CT molecular complexity index is 1160. The number of methoxy groups -OCH3 is 1. The molecule has 0 aliphatic rings. The van der Waals surface area contributed by atoms with Crippen molar-refractivity contribution in [1.29, 1.82) is 0 Å². The average molecular weight is 414 g/mol. The molecular weight excluding hydrogens is 392 g/mol. The number of anilines is 1. The van der Waals surface area contributed by atoms with Crippen LogP contribution >= 0.6 is 0 Å². The van der Waals surface area contributed by atoms with Crippen LogP contribution in [0, 0.1) is 0 Å². The molecule has 0 aromatic heterocycles. The summed E-state index contributed by atoms with van der Waals surface area (Å²) in [6.07, 6.45) is 0. The van der Waals surface area contributed by atoms with Crippen molar-refractivity contribution in [2.75, 3.05) is 25.5 Å². The maximum Gasteiger partial charge on any atom is 0.262 e. The Morgan fingerprint density at radius 1 is 1.03 bits per heavy atom. The molecule has 0 aliphatic heterocycles. The molecule has 0 saturated heterocycles. The van der Waals surface area contributed by atoms with E-state index >= 15 is 0 Å². The molecular formula is C21H22N2O5S. The van der Waals surface area contributed by atoms with Gasteiger partial charge in [-0.2, -0.15) is 0 Å². The lowest BCUT2D eigenvalue weighted by atomic mass is 10.1. The monoisotopic (exact) mass is 414 g/mol. The van der Waals surface area contributed by atoms with Crippen LogP contribution in [0.3, 0.4) is 0 Å². The van der Waals surface area contributed by atoms with Gasteiger partial charge in [-0.05, 0) is 37.3 Å². The quantitative estimate of drug-likeness (QED) is 0.618. The molecule has 0 radical (unpaired) electrons. The molecule has 3 aromatic carbocycles. The highest BCUT2D eigenvalue weighted by atomic mass is 32.2. The third-order valence-electron chi connectivity index (χ3n) is 4.38. The Hall–Kier alpha value is -3.26. The highest BCUT2D eigenvalue weighted by molar-refractivity contribution is 7.93. The molecule has 0 aliphatic carbocycles. The molecule has 3 rings (SSSR count). The first kappa shape index (κ1) is 20.5. The van der Waals surface area contributed by atoms with Gasteiger partial charge in [0.05, 0.1) is 29.9 Å². The largest absolute Gasteiger partial charge is 0.497 e. The number of fused-ring (bicyclic) bond motifs is 1. The molecule has 7 nitrogen and oxygen atoms in total. The Balaban J connectivity index is 2.10. The standard InChI is InChI=1S/C21H22N2O5S/c1-4-28-19-11-12-20(16-8-6-5-7-15(16)19)29(25,26)23-18-10-9-14(27-3)13-17(18)21(24)22-2/h5-13,23H,4H2,1-3H3,(H,22,24). The van der Waals surface area contributed by atoms with E-state index in [1.165, 1.54) is 32.4 Å². The van der Waals surface area contributed by atoms with Crippen LogP contribution in [0.2, 0.25) is 0 Å². The molecule has 29 heavy (non-hydrogen) atoms. The molecule has 2 N–H and O–H groups in total. The molecule has 0 atom stereocenters. The normalized spacial score (nSPS) is 11.1. The zero-order valence-electron chi connectivity index (χ0n) is 16.4. The lowest BCUT2D eigenvalue weighted by molar-refractivity contribution is 0.0963. The second-order valence-electron chi connectivity index (χ2n) is 6.14. The van der Waals surface area contributed by atoms with Crippen LogP contribution in [0.4, 0.5) is 5.69 Å². The number of hydrogen-bond donors (Lipinski definition) is 2. The maximum atomic E-state index is 13.2. The zero-order valence-corrected chi connectivity index (χ0v) is 17.2. The number of carbonyl (C=O) groups excluding carboxylic acids is 1. The summed E-state index contributed by atoms with van der Waals surface area (Å²) in [6, 6.07) is 14.8. The molecule has 152 valence electrons. The molecule has 0 spiro atoms. The van der Waals surface area contributed by atoms with E-state index in [9.17, 15) is 13.2 Å². The summed E-state index contributed by atoms with van der Waals surface area (Å²) >= 11 is 0. The van der Waals surface area contributed by atoms with E-state index in [1.54, 1.807) is 24.3 Å². The van der Waals surface area contributed by atoms with Crippen molar-refractivity contribution in [2.45, 2.75) is 11.8 Å². The number of benzene rings is 3. The predicted molar refractivity (Wildman–Crippen MR) is 112 cm³/mol. The number of amides is 1. The number of nitrogens with one attached hydrogen (secondary N) is 2. The first-order valence-electron chi connectivity index (χ1n) is 8.98. The van der Waals surface area contributed by atoms with Crippen LogP contribution in [0.5, 0.6) is 11.5 Å². The number of hydrogen-bond acceptors (Lipinski definition) is 5. The third kappa shape index (κ3) is 4.12. The predicted octanol–water partition coefficient (Wildman–Crippen LogP) is 3.41. The topological polar surface area (TPSA) is 93.7 Å². The smallest absolute Gasteiger partial charge is 0.262 e. The van der Waals surface area contributed by atoms with Gasteiger partial charge in [0, 0.05) is 17.8 Å². The molecule has 0 saturated carbocycles. The molecule has 8 heteroatoms. The third-order valence-corrected chi connectivity index (χ3v) is 5.80. The second-order valence-corrected chi connectivity index (χ2v) is 7.79. The lowest BCUT2D eigenvalue weighted by Crippen LogP contribution is -2.22. The summed E-state index contributed by atoms with van der Waals surface area (Å²) in [7, 11) is -1.04. The minimum Gasteiger partial charge on any atom is -0.497 e. The van der Waals surface area contributed by atoms with Crippen molar-refractivity contribution in [3.63, 3.8) is 0 Å². The second kappa shape index (κ2) is 8.40. The van der Waals surface area contributed by atoms with E-state index in [2.05, 4.69) is 10.0 Å². The Kier molecular flexibility index (Phi) is 5.93. The van der Waals surface area contributed by atoms with Gasteiger partial charge in [-0.25, -0.2) is 8.42 Å². The van der Waals surface area contributed by atoms with Crippen molar-refractivity contribution < 1.29 is 22.7 Å². The highest BCUT2D eigenvalue weighted by Gasteiger charge is 2.22. The average Bonchev–Trinajstić information content (AvgIpc) is 2.73. The van der Waals surface area contributed by atoms with Gasteiger partial charge in [-0.3, -0.25) is 9.52 Å².